The van der Waals surface area contributed by atoms with Crippen molar-refractivity contribution in [1.82, 2.24) is 4.98 Å². The van der Waals surface area contributed by atoms with E-state index < -0.39 is 0 Å². The highest BCUT2D eigenvalue weighted by molar-refractivity contribution is 5.84. The highest BCUT2D eigenvalue weighted by Crippen LogP contribution is 2.23. The number of hydrogen-bond donors (Lipinski definition) is 2. The molecule has 102 valence electrons. The van der Waals surface area contributed by atoms with E-state index in [1.807, 2.05) is 37.2 Å². The first kappa shape index (κ1) is 13.8. The highest BCUT2D eigenvalue weighted by Gasteiger charge is 2.08. The summed E-state index contributed by atoms with van der Waals surface area (Å²) in [5.74, 6) is 0.950. The molecule has 0 spiro atoms. The first-order chi connectivity index (χ1) is 9.11. The van der Waals surface area contributed by atoms with Crippen LogP contribution in [0.25, 0.3) is 10.9 Å². The van der Waals surface area contributed by atoms with E-state index in [-0.39, 0.29) is 12.6 Å². The molecule has 2 rings (SSSR count). The van der Waals surface area contributed by atoms with Gasteiger partial charge in [0.1, 0.15) is 5.82 Å². The summed E-state index contributed by atoms with van der Waals surface area (Å²) in [6, 6.07) is 10.1. The Morgan fingerprint density at radius 2 is 2.05 bits per heavy atom. The lowest BCUT2D eigenvalue weighted by molar-refractivity contribution is 0.260. The Hall–Kier alpha value is -1.65. The lowest BCUT2D eigenvalue weighted by Gasteiger charge is -2.16. The first-order valence-electron chi connectivity index (χ1n) is 6.54. The number of aromatic nitrogens is 1. The summed E-state index contributed by atoms with van der Waals surface area (Å²) in [5.41, 5.74) is 8.02. The van der Waals surface area contributed by atoms with Gasteiger partial charge in [-0.2, -0.15) is 0 Å². The van der Waals surface area contributed by atoms with Crippen LogP contribution in [0.2, 0.25) is 0 Å². The second-order valence-electron chi connectivity index (χ2n) is 5.03. The van der Waals surface area contributed by atoms with Crippen LogP contribution in [-0.4, -0.2) is 36.8 Å². The van der Waals surface area contributed by atoms with Gasteiger partial charge in [0.05, 0.1) is 12.1 Å². The van der Waals surface area contributed by atoms with Gasteiger partial charge in [-0.1, -0.05) is 18.2 Å². The van der Waals surface area contributed by atoms with E-state index >= 15 is 0 Å². The van der Waals surface area contributed by atoms with E-state index in [1.165, 1.54) is 10.9 Å². The van der Waals surface area contributed by atoms with Gasteiger partial charge in [0.15, 0.2) is 0 Å². The van der Waals surface area contributed by atoms with Crippen LogP contribution in [0.5, 0.6) is 0 Å². The zero-order chi connectivity index (χ0) is 13.8. The normalized spacial score (nSPS) is 12.6. The van der Waals surface area contributed by atoms with Crippen LogP contribution in [-0.2, 0) is 6.42 Å². The van der Waals surface area contributed by atoms with Crippen molar-refractivity contribution >= 4 is 16.7 Å². The maximum atomic E-state index is 9.02. The molecule has 4 nitrogen and oxygen atoms in total. The molecule has 3 N–H and O–H groups in total. The number of nitrogens with two attached hydrogens (primary N) is 1. The first-order valence-corrected chi connectivity index (χ1v) is 6.54. The molecule has 19 heavy (non-hydrogen) atoms. The molecule has 0 aliphatic carbocycles. The second kappa shape index (κ2) is 5.99. The molecule has 0 bridgehead atoms. The summed E-state index contributed by atoms with van der Waals surface area (Å²) in [5, 5.41) is 10.2. The van der Waals surface area contributed by atoms with E-state index in [4.69, 9.17) is 10.8 Å². The predicted octanol–water partition coefficient (Wildman–Crippen LogP) is 1.55. The van der Waals surface area contributed by atoms with Crippen molar-refractivity contribution in [1.29, 1.82) is 0 Å². The molecular weight excluding hydrogens is 238 g/mol. The summed E-state index contributed by atoms with van der Waals surface area (Å²) < 4.78 is 0. The Labute approximate surface area is 113 Å². The molecule has 0 aliphatic heterocycles. The van der Waals surface area contributed by atoms with E-state index in [9.17, 15) is 0 Å². The van der Waals surface area contributed by atoms with Gasteiger partial charge < -0.3 is 15.7 Å². The molecule has 0 aliphatic rings. The van der Waals surface area contributed by atoms with E-state index in [1.54, 1.807) is 0 Å². The van der Waals surface area contributed by atoms with Gasteiger partial charge >= 0.3 is 0 Å². The number of para-hydroxylation sites is 1. The van der Waals surface area contributed by atoms with Crippen LogP contribution in [0, 0.1) is 0 Å². The molecule has 0 saturated carbocycles. The molecule has 1 aromatic heterocycles. The fourth-order valence-corrected chi connectivity index (χ4v) is 2.10. The minimum atomic E-state index is -0.158. The van der Waals surface area contributed by atoms with Crippen LogP contribution < -0.4 is 10.6 Å². The third kappa shape index (κ3) is 3.22. The Morgan fingerprint density at radius 3 is 2.74 bits per heavy atom. The summed E-state index contributed by atoms with van der Waals surface area (Å²) in [6.45, 7) is 0.0313. The third-order valence-electron chi connectivity index (χ3n) is 3.27. The third-order valence-corrected chi connectivity index (χ3v) is 3.27. The maximum Gasteiger partial charge on any atom is 0.129 e. The molecule has 1 heterocycles. The highest BCUT2D eigenvalue weighted by atomic mass is 16.3. The standard InChI is InChI=1S/C15H21N3O/c1-18(2)15-9-11(7-8-12(16)10-19)13-5-3-4-6-14(13)17-15/h3-6,9,12,19H,7-8,10,16H2,1-2H3. The van der Waals surface area contributed by atoms with Crippen LogP contribution in [0.3, 0.4) is 0 Å². The van der Waals surface area contributed by atoms with Crippen LogP contribution in [0.4, 0.5) is 5.82 Å². The van der Waals surface area contributed by atoms with Gasteiger partial charge in [-0.3, -0.25) is 0 Å². The molecule has 0 amide bonds. The van der Waals surface area contributed by atoms with Crippen molar-refractivity contribution in [2.75, 3.05) is 25.6 Å². The minimum Gasteiger partial charge on any atom is -0.395 e. The number of pyridine rings is 1. The summed E-state index contributed by atoms with van der Waals surface area (Å²) in [4.78, 5) is 6.63. The molecule has 1 atom stereocenters. The zero-order valence-corrected chi connectivity index (χ0v) is 11.5. The number of rotatable bonds is 5. The summed E-state index contributed by atoms with van der Waals surface area (Å²) in [7, 11) is 3.97. The van der Waals surface area contributed by atoms with E-state index in [0.29, 0.717) is 0 Å². The van der Waals surface area contributed by atoms with Crippen LogP contribution >= 0.6 is 0 Å². The lowest BCUT2D eigenvalue weighted by Crippen LogP contribution is -2.24. The molecule has 0 saturated heterocycles. The Bertz CT molecular complexity index is 554. The van der Waals surface area contributed by atoms with Crippen molar-refractivity contribution in [2.24, 2.45) is 5.73 Å². The average molecular weight is 259 g/mol. The van der Waals surface area contributed by atoms with Crippen molar-refractivity contribution in [3.8, 4) is 0 Å². The quantitative estimate of drug-likeness (QED) is 0.855. The van der Waals surface area contributed by atoms with Gasteiger partial charge in [-0.25, -0.2) is 4.98 Å². The van der Waals surface area contributed by atoms with Crippen molar-refractivity contribution in [3.63, 3.8) is 0 Å². The Morgan fingerprint density at radius 1 is 1.32 bits per heavy atom. The lowest BCUT2D eigenvalue weighted by atomic mass is 10.0. The smallest absolute Gasteiger partial charge is 0.129 e. The van der Waals surface area contributed by atoms with Gasteiger partial charge in [-0.05, 0) is 30.5 Å². The number of benzene rings is 1. The van der Waals surface area contributed by atoms with Gasteiger partial charge in [0, 0.05) is 25.5 Å². The minimum absolute atomic E-state index is 0.0313. The van der Waals surface area contributed by atoms with Crippen LogP contribution in [0.1, 0.15) is 12.0 Å². The largest absolute Gasteiger partial charge is 0.395 e. The molecular formula is C15H21N3O. The van der Waals surface area contributed by atoms with Gasteiger partial charge in [-0.15, -0.1) is 0 Å². The predicted molar refractivity (Wildman–Crippen MR) is 79.5 cm³/mol. The SMILES string of the molecule is CN(C)c1cc(CCC(N)CO)c2ccccc2n1. The van der Waals surface area contributed by atoms with Gasteiger partial charge in [0.25, 0.3) is 0 Å². The molecule has 1 aromatic carbocycles. The number of fused-ring (bicyclic) bond motifs is 1. The Balaban J connectivity index is 2.39. The van der Waals surface area contributed by atoms with Crippen molar-refractivity contribution in [3.05, 3.63) is 35.9 Å². The number of aliphatic hydroxyl groups is 1. The molecule has 4 heteroatoms. The van der Waals surface area contributed by atoms with E-state index in [0.717, 1.165) is 24.2 Å². The van der Waals surface area contributed by atoms with Crippen molar-refractivity contribution in [2.45, 2.75) is 18.9 Å². The molecule has 0 radical (unpaired) electrons. The molecule has 0 fully saturated rings. The molecule has 1 unspecified atom stereocenters. The number of hydrogen-bond acceptors (Lipinski definition) is 4. The fraction of sp³-hybridized carbons (Fsp3) is 0.400. The average Bonchev–Trinajstić information content (AvgIpc) is 2.43. The number of aryl methyl sites for hydroxylation is 1. The monoisotopic (exact) mass is 259 g/mol. The van der Waals surface area contributed by atoms with Crippen molar-refractivity contribution < 1.29 is 5.11 Å². The number of aliphatic hydroxyl groups excluding tert-OH is 1. The zero-order valence-electron chi connectivity index (χ0n) is 11.5. The fourth-order valence-electron chi connectivity index (χ4n) is 2.10. The summed E-state index contributed by atoms with van der Waals surface area (Å²) in [6.07, 6.45) is 1.63. The Kier molecular flexibility index (Phi) is 4.35. The topological polar surface area (TPSA) is 62.4 Å². The number of nitrogens with zero attached hydrogens (tertiary/aromatic N) is 2. The van der Waals surface area contributed by atoms with E-state index in [2.05, 4.69) is 17.1 Å². The van der Waals surface area contributed by atoms with Gasteiger partial charge in [0.2, 0.25) is 0 Å². The number of anilines is 1. The molecule has 2 aromatic rings. The second-order valence-corrected chi connectivity index (χ2v) is 5.03. The summed E-state index contributed by atoms with van der Waals surface area (Å²) >= 11 is 0. The maximum absolute atomic E-state index is 9.02. The van der Waals surface area contributed by atoms with Crippen LogP contribution in [0.15, 0.2) is 30.3 Å².